The molecule has 1 fully saturated rings. The lowest BCUT2D eigenvalue weighted by Gasteiger charge is -2.21. The van der Waals surface area contributed by atoms with Crippen molar-refractivity contribution in [3.63, 3.8) is 0 Å². The highest BCUT2D eigenvalue weighted by atomic mass is 16.5. The van der Waals surface area contributed by atoms with Gasteiger partial charge in [-0.25, -0.2) is 4.98 Å². The van der Waals surface area contributed by atoms with Crippen LogP contribution < -0.4 is 5.49 Å². The molecule has 1 aliphatic rings. The Labute approximate surface area is 162 Å². The van der Waals surface area contributed by atoms with Gasteiger partial charge in [0.15, 0.2) is 11.5 Å². The Morgan fingerprint density at radius 1 is 1.43 bits per heavy atom. The van der Waals surface area contributed by atoms with Crippen molar-refractivity contribution in [3.05, 3.63) is 35.7 Å². The van der Waals surface area contributed by atoms with E-state index < -0.39 is 0 Å². The fourth-order valence-electron chi connectivity index (χ4n) is 4.38. The maximum absolute atomic E-state index is 8.88. The molecule has 0 radical (unpaired) electrons. The van der Waals surface area contributed by atoms with Gasteiger partial charge in [0.2, 0.25) is 5.89 Å². The summed E-state index contributed by atoms with van der Waals surface area (Å²) in [6, 6.07) is 1.87. The number of fused-ring (bicyclic) bond motifs is 1. The van der Waals surface area contributed by atoms with Crippen LogP contribution in [0.3, 0.4) is 0 Å². The number of H-pyrrole nitrogens is 1. The van der Waals surface area contributed by atoms with Gasteiger partial charge in [0.25, 0.3) is 0 Å². The summed E-state index contributed by atoms with van der Waals surface area (Å²) in [4.78, 5) is 11.7. The van der Waals surface area contributed by atoms with Gasteiger partial charge in [-0.2, -0.15) is 4.98 Å². The van der Waals surface area contributed by atoms with Crippen LogP contribution in [0.2, 0.25) is 0 Å². The minimum Gasteiger partial charge on any atom is -0.377 e. The lowest BCUT2D eigenvalue weighted by atomic mass is 9.92. The Morgan fingerprint density at radius 2 is 2.29 bits per heavy atom. The quantitative estimate of drug-likeness (QED) is 0.445. The molecule has 3 N–H and O–H groups in total. The molecule has 9 nitrogen and oxygen atoms in total. The molecule has 3 aromatic rings. The number of methoxy groups -OCH3 is 1. The molecule has 3 atom stereocenters. The number of aromatic nitrogens is 5. The molecule has 9 heteroatoms. The molecule has 0 unspecified atom stereocenters. The fourth-order valence-corrected chi connectivity index (χ4v) is 4.38. The number of aromatic amines is 1. The van der Waals surface area contributed by atoms with E-state index in [9.17, 15) is 0 Å². The van der Waals surface area contributed by atoms with Gasteiger partial charge in [0.05, 0.1) is 11.7 Å². The maximum Gasteiger partial charge on any atom is 0.227 e. The Morgan fingerprint density at radius 3 is 3.07 bits per heavy atom. The molecule has 1 saturated carbocycles. The van der Waals surface area contributed by atoms with E-state index in [1.165, 1.54) is 6.20 Å². The molecule has 0 aliphatic heterocycles. The predicted octanol–water partition coefficient (Wildman–Crippen LogP) is 2.49. The topological polar surface area (TPSA) is 129 Å². The predicted molar refractivity (Wildman–Crippen MR) is 102 cm³/mol. The zero-order valence-electron chi connectivity index (χ0n) is 16.1. The Balaban J connectivity index is 1.55. The molecule has 0 bridgehead atoms. The van der Waals surface area contributed by atoms with Gasteiger partial charge in [0, 0.05) is 25.6 Å². The molecule has 3 aromatic heterocycles. The zero-order valence-corrected chi connectivity index (χ0v) is 16.1. The van der Waals surface area contributed by atoms with Gasteiger partial charge < -0.3 is 14.2 Å². The highest BCUT2D eigenvalue weighted by molar-refractivity contribution is 5.91. The second kappa shape index (κ2) is 7.67. The number of rotatable bonds is 6. The summed E-state index contributed by atoms with van der Waals surface area (Å²) in [5, 5.41) is 21.1. The molecule has 3 heterocycles. The first kappa shape index (κ1) is 18.5. The minimum atomic E-state index is 0.0889. The molecule has 0 amide bonds. The van der Waals surface area contributed by atoms with Gasteiger partial charge in [-0.15, -0.1) is 0 Å². The van der Waals surface area contributed by atoms with Crippen LogP contribution in [0.4, 0.5) is 0 Å². The van der Waals surface area contributed by atoms with Gasteiger partial charge in [0.1, 0.15) is 17.9 Å². The molecule has 148 valence electrons. The zero-order chi connectivity index (χ0) is 19.7. The Hall–Kier alpha value is -2.81. The third-order valence-corrected chi connectivity index (χ3v) is 5.66. The second-order valence-electron chi connectivity index (χ2n) is 7.43. The van der Waals surface area contributed by atoms with Gasteiger partial charge in [-0.3, -0.25) is 15.4 Å². The lowest BCUT2D eigenvalue weighted by molar-refractivity contribution is 0.174. The van der Waals surface area contributed by atoms with Crippen molar-refractivity contribution in [3.8, 4) is 0 Å². The van der Waals surface area contributed by atoms with E-state index in [0.717, 1.165) is 24.8 Å². The number of nitrogens with one attached hydrogen (secondary N) is 3. The highest BCUT2D eigenvalue weighted by Gasteiger charge is 2.37. The van der Waals surface area contributed by atoms with Crippen LogP contribution in [-0.2, 0) is 17.8 Å². The SMILES string of the molecule is CC[C@@H]1C[C@H](Cc2nc(COC)no2)C[C@@H]1C(=N)n1c(=N)cnc2[nH]ccc21. The first-order valence-corrected chi connectivity index (χ1v) is 9.59. The summed E-state index contributed by atoms with van der Waals surface area (Å²) in [5.41, 5.74) is 1.70. The molecule has 0 aromatic carbocycles. The molecule has 28 heavy (non-hydrogen) atoms. The molecular weight excluding hydrogens is 358 g/mol. The van der Waals surface area contributed by atoms with Crippen molar-refractivity contribution in [2.45, 2.75) is 39.2 Å². The van der Waals surface area contributed by atoms with E-state index >= 15 is 0 Å². The van der Waals surface area contributed by atoms with Crippen LogP contribution in [0.5, 0.6) is 0 Å². The molecule has 1 aliphatic carbocycles. The van der Waals surface area contributed by atoms with Crippen molar-refractivity contribution < 1.29 is 9.26 Å². The largest absolute Gasteiger partial charge is 0.377 e. The molecule has 0 spiro atoms. The van der Waals surface area contributed by atoms with Crippen LogP contribution in [0, 0.1) is 28.6 Å². The number of nitrogens with zero attached hydrogens (tertiary/aromatic N) is 4. The lowest BCUT2D eigenvalue weighted by Crippen LogP contribution is -2.33. The van der Waals surface area contributed by atoms with Crippen molar-refractivity contribution >= 4 is 17.0 Å². The first-order valence-electron chi connectivity index (χ1n) is 9.59. The van der Waals surface area contributed by atoms with Crippen LogP contribution in [0.15, 0.2) is 23.0 Å². The Kier molecular flexibility index (Phi) is 5.08. The first-order chi connectivity index (χ1) is 13.6. The second-order valence-corrected chi connectivity index (χ2v) is 7.43. The van der Waals surface area contributed by atoms with E-state index in [1.807, 2.05) is 6.07 Å². The average Bonchev–Trinajstić information content (AvgIpc) is 3.41. The molecule has 0 saturated heterocycles. The molecule has 4 rings (SSSR count). The highest BCUT2D eigenvalue weighted by Crippen LogP contribution is 2.40. The fraction of sp³-hybridized carbons (Fsp3) is 0.526. The molecular formula is C19H25N7O2. The minimum absolute atomic E-state index is 0.0889. The third kappa shape index (κ3) is 3.37. The average molecular weight is 383 g/mol. The maximum atomic E-state index is 8.88. The third-order valence-electron chi connectivity index (χ3n) is 5.66. The van der Waals surface area contributed by atoms with E-state index in [1.54, 1.807) is 17.9 Å². The van der Waals surface area contributed by atoms with Gasteiger partial charge >= 0.3 is 0 Å². The van der Waals surface area contributed by atoms with Crippen molar-refractivity contribution in [2.24, 2.45) is 17.8 Å². The van der Waals surface area contributed by atoms with Crippen molar-refractivity contribution in [1.82, 2.24) is 24.7 Å². The van der Waals surface area contributed by atoms with Crippen molar-refractivity contribution in [1.29, 1.82) is 10.8 Å². The van der Waals surface area contributed by atoms with E-state index in [0.29, 0.717) is 48.1 Å². The number of hydrogen-bond donors (Lipinski definition) is 3. The number of ether oxygens (including phenoxy) is 1. The van der Waals surface area contributed by atoms with Crippen LogP contribution >= 0.6 is 0 Å². The van der Waals surface area contributed by atoms with Gasteiger partial charge in [-0.05, 0) is 30.7 Å². The van der Waals surface area contributed by atoms with Gasteiger partial charge in [-0.1, -0.05) is 18.5 Å². The van der Waals surface area contributed by atoms with Crippen LogP contribution in [0.1, 0.15) is 37.9 Å². The van der Waals surface area contributed by atoms with Crippen LogP contribution in [-0.4, -0.2) is 37.6 Å². The summed E-state index contributed by atoms with van der Waals surface area (Å²) in [6.45, 7) is 2.51. The summed E-state index contributed by atoms with van der Waals surface area (Å²) in [7, 11) is 1.61. The normalized spacial score (nSPS) is 22.1. The summed E-state index contributed by atoms with van der Waals surface area (Å²) in [5.74, 6) is 2.53. The van der Waals surface area contributed by atoms with Crippen LogP contribution in [0.25, 0.3) is 11.2 Å². The van der Waals surface area contributed by atoms with E-state index in [4.69, 9.17) is 20.1 Å². The monoisotopic (exact) mass is 383 g/mol. The van der Waals surface area contributed by atoms with E-state index in [2.05, 4.69) is 27.0 Å². The smallest absolute Gasteiger partial charge is 0.227 e. The summed E-state index contributed by atoms with van der Waals surface area (Å²) in [6.07, 6.45) is 6.89. The Bertz CT molecular complexity index is 1030. The van der Waals surface area contributed by atoms with Crippen molar-refractivity contribution in [2.75, 3.05) is 7.11 Å². The standard InChI is InChI=1S/C19H25N7O2/c1-3-12-6-11(8-17-24-16(10-27-2)25-28-17)7-13(12)18(21)26-14-4-5-22-19(14)23-9-15(26)20/h4-5,9,11-13,20-22H,3,6-8,10H2,1-2H3/t11-,12+,13-/m0/s1. The number of hydrogen-bond acceptors (Lipinski definition) is 7. The summed E-state index contributed by atoms with van der Waals surface area (Å²) >= 11 is 0. The summed E-state index contributed by atoms with van der Waals surface area (Å²) < 4.78 is 12.1. The van der Waals surface area contributed by atoms with E-state index in [-0.39, 0.29) is 11.4 Å².